The van der Waals surface area contributed by atoms with Crippen molar-refractivity contribution < 1.29 is 43.7 Å². The molecule has 0 radical (unpaired) electrons. The fourth-order valence-electron chi connectivity index (χ4n) is 8.57. The van der Waals surface area contributed by atoms with Crippen LogP contribution in [0.15, 0.2) is 42.0 Å². The zero-order valence-corrected chi connectivity index (χ0v) is 24.6. The summed E-state index contributed by atoms with van der Waals surface area (Å²) >= 11 is 0. The van der Waals surface area contributed by atoms with E-state index < -0.39 is 47.3 Å². The molecule has 0 saturated heterocycles. The van der Waals surface area contributed by atoms with E-state index in [1.54, 1.807) is 43.3 Å². The predicted octanol–water partition coefficient (Wildman–Crippen LogP) is 3.26. The second-order valence-corrected chi connectivity index (χ2v) is 13.1. The summed E-state index contributed by atoms with van der Waals surface area (Å²) in [6, 6.07) is 6.88. The van der Waals surface area contributed by atoms with E-state index in [4.69, 9.17) is 4.74 Å². The number of benzene rings is 1. The number of carbonyl (C=O) groups excluding carboxylic acids is 5. The summed E-state index contributed by atoms with van der Waals surface area (Å²) in [5, 5.41) is 23.6. The minimum absolute atomic E-state index is 0.00463. The third-order valence-corrected chi connectivity index (χ3v) is 10.9. The lowest BCUT2D eigenvalue weighted by Crippen LogP contribution is -2.61. The van der Waals surface area contributed by atoms with Gasteiger partial charge in [-0.15, -0.1) is 0 Å². The van der Waals surface area contributed by atoms with E-state index in [9.17, 15) is 39.0 Å². The Kier molecular flexibility index (Phi) is 8.19. The van der Waals surface area contributed by atoms with Gasteiger partial charge in [0.05, 0.1) is 6.42 Å². The second kappa shape index (κ2) is 11.4. The fraction of sp³-hybridized carbons (Fsp3) is 0.576. The molecule has 43 heavy (non-hydrogen) atoms. The number of amides is 1. The smallest absolute Gasteiger partial charge is 0.330 e. The number of aliphatic carboxylic acids is 1. The van der Waals surface area contributed by atoms with Crippen LogP contribution in [0, 0.1) is 28.6 Å². The molecule has 10 nitrogen and oxygen atoms in total. The number of carboxylic acids is 1. The number of rotatable bonds is 9. The Morgan fingerprint density at radius 2 is 1.74 bits per heavy atom. The number of ether oxygens (including phenoxy) is 1. The van der Waals surface area contributed by atoms with E-state index in [0.717, 1.165) is 18.4 Å². The molecule has 10 heteroatoms. The first-order valence-electron chi connectivity index (χ1n) is 15.0. The van der Waals surface area contributed by atoms with Crippen LogP contribution < -0.4 is 5.32 Å². The Hall–Kier alpha value is -3.66. The predicted molar refractivity (Wildman–Crippen MR) is 152 cm³/mol. The third kappa shape index (κ3) is 5.34. The van der Waals surface area contributed by atoms with Crippen LogP contribution in [-0.2, 0) is 33.5 Å². The molecule has 0 heterocycles. The van der Waals surface area contributed by atoms with Crippen molar-refractivity contribution in [3.05, 3.63) is 47.5 Å². The van der Waals surface area contributed by atoms with Crippen LogP contribution in [0.5, 0.6) is 0 Å². The summed E-state index contributed by atoms with van der Waals surface area (Å²) in [6.07, 6.45) is 4.27. The van der Waals surface area contributed by atoms with E-state index in [1.165, 1.54) is 0 Å². The molecule has 3 N–H and O–H groups in total. The quantitative estimate of drug-likeness (QED) is 0.365. The van der Waals surface area contributed by atoms with Gasteiger partial charge >= 0.3 is 11.9 Å². The highest BCUT2D eigenvalue weighted by Crippen LogP contribution is 2.66. The van der Waals surface area contributed by atoms with Gasteiger partial charge in [0.2, 0.25) is 11.7 Å². The Balaban J connectivity index is 1.19. The first-order valence-corrected chi connectivity index (χ1v) is 15.0. The molecule has 3 saturated carbocycles. The summed E-state index contributed by atoms with van der Waals surface area (Å²) < 4.78 is 5.15. The van der Waals surface area contributed by atoms with Crippen LogP contribution in [0.25, 0.3) is 0 Å². The summed E-state index contributed by atoms with van der Waals surface area (Å²) in [7, 11) is 0. The highest BCUT2D eigenvalue weighted by molar-refractivity contribution is 5.95. The van der Waals surface area contributed by atoms with Crippen molar-refractivity contribution in [1.29, 1.82) is 0 Å². The number of allylic oxidation sites excluding steroid dienone is 1. The number of fused-ring (bicyclic) bond motifs is 5. The maximum Gasteiger partial charge on any atom is 0.330 e. The molecule has 1 aromatic rings. The van der Waals surface area contributed by atoms with Crippen LogP contribution in [0.1, 0.15) is 83.2 Å². The molecule has 5 rings (SSSR count). The largest absolute Gasteiger partial charge is 0.479 e. The Bertz CT molecular complexity index is 1390. The number of carboxylic acid groups (broad SMARTS) is 1. The minimum atomic E-state index is -1.83. The van der Waals surface area contributed by atoms with Crippen molar-refractivity contribution in [3.8, 4) is 0 Å². The van der Waals surface area contributed by atoms with Crippen molar-refractivity contribution in [1.82, 2.24) is 5.32 Å². The van der Waals surface area contributed by atoms with Crippen LogP contribution in [0.3, 0.4) is 0 Å². The molecule has 4 aliphatic carbocycles. The third-order valence-electron chi connectivity index (χ3n) is 10.9. The average molecular weight is 594 g/mol. The summed E-state index contributed by atoms with van der Waals surface area (Å²) in [5.41, 5.74) is -1.79. The first-order chi connectivity index (χ1) is 20.3. The molecular formula is C33H39NO9. The van der Waals surface area contributed by atoms with Gasteiger partial charge in [0.25, 0.3) is 0 Å². The van der Waals surface area contributed by atoms with Crippen molar-refractivity contribution in [3.63, 3.8) is 0 Å². The monoisotopic (exact) mass is 593 g/mol. The average Bonchev–Trinajstić information content (AvgIpc) is 3.24. The summed E-state index contributed by atoms with van der Waals surface area (Å²) in [5.74, 6) is -3.61. The zero-order valence-electron chi connectivity index (χ0n) is 24.6. The molecule has 1 aromatic carbocycles. The van der Waals surface area contributed by atoms with E-state index in [2.05, 4.69) is 12.2 Å². The fourth-order valence-corrected chi connectivity index (χ4v) is 8.57. The van der Waals surface area contributed by atoms with Crippen LogP contribution in [0.4, 0.5) is 0 Å². The van der Waals surface area contributed by atoms with E-state index in [-0.39, 0.29) is 60.4 Å². The van der Waals surface area contributed by atoms with Gasteiger partial charge in [0.1, 0.15) is 11.4 Å². The number of hydrogen-bond acceptors (Lipinski definition) is 8. The Morgan fingerprint density at radius 3 is 2.44 bits per heavy atom. The van der Waals surface area contributed by atoms with Crippen molar-refractivity contribution in [2.75, 3.05) is 6.61 Å². The second-order valence-electron chi connectivity index (χ2n) is 13.1. The lowest BCUT2D eigenvalue weighted by molar-refractivity contribution is -0.173. The highest BCUT2D eigenvalue weighted by Gasteiger charge is 2.68. The number of aliphatic hydroxyl groups is 1. The number of ketones is 3. The van der Waals surface area contributed by atoms with Gasteiger partial charge in [-0.1, -0.05) is 49.8 Å². The van der Waals surface area contributed by atoms with Gasteiger partial charge in [-0.25, -0.2) is 4.79 Å². The SMILES string of the molecule is C[C@]12CCC(=O)C=C1CC[C@H]1[C@H]2C(=O)C[C@@]2(C)[C@H]1CC[C@]2(O)C(=O)COC(=O)CCC(=O)N[C@H](C(=O)O)c1ccccc1. The Labute approximate surface area is 250 Å². The van der Waals surface area contributed by atoms with Gasteiger partial charge in [0, 0.05) is 30.6 Å². The van der Waals surface area contributed by atoms with Crippen LogP contribution in [-0.4, -0.2) is 57.6 Å². The molecule has 0 aromatic heterocycles. The molecular weight excluding hydrogens is 554 g/mol. The molecule has 0 spiro atoms. The molecule has 3 fully saturated rings. The molecule has 7 atom stereocenters. The minimum Gasteiger partial charge on any atom is -0.479 e. The van der Waals surface area contributed by atoms with Gasteiger partial charge in [-0.05, 0) is 61.0 Å². The van der Waals surface area contributed by atoms with Crippen LogP contribution in [0.2, 0.25) is 0 Å². The number of nitrogens with one attached hydrogen (secondary N) is 1. The Morgan fingerprint density at radius 1 is 1.02 bits per heavy atom. The first kappa shape index (κ1) is 30.8. The molecule has 0 unspecified atom stereocenters. The van der Waals surface area contributed by atoms with Crippen LogP contribution >= 0.6 is 0 Å². The van der Waals surface area contributed by atoms with E-state index in [1.807, 2.05) is 0 Å². The van der Waals surface area contributed by atoms with Crippen molar-refractivity contribution in [2.45, 2.75) is 83.3 Å². The maximum absolute atomic E-state index is 13.8. The zero-order chi connectivity index (χ0) is 31.2. The molecule has 0 bridgehead atoms. The van der Waals surface area contributed by atoms with Gasteiger partial charge in [-0.2, -0.15) is 0 Å². The van der Waals surface area contributed by atoms with E-state index in [0.29, 0.717) is 24.8 Å². The molecule has 4 aliphatic rings. The van der Waals surface area contributed by atoms with Crippen molar-refractivity contribution in [2.24, 2.45) is 28.6 Å². The van der Waals surface area contributed by atoms with E-state index >= 15 is 0 Å². The summed E-state index contributed by atoms with van der Waals surface area (Å²) in [4.78, 5) is 75.7. The topological polar surface area (TPSA) is 164 Å². The van der Waals surface area contributed by atoms with Crippen molar-refractivity contribution >= 4 is 35.2 Å². The maximum atomic E-state index is 13.8. The molecule has 1 amide bonds. The normalized spacial score (nSPS) is 33.7. The van der Waals surface area contributed by atoms with Gasteiger partial charge < -0.3 is 20.3 Å². The number of hydrogen-bond donors (Lipinski definition) is 3. The standard InChI is InChI=1S/C33H39NO9/c1-31-14-12-21(35)16-20(31)8-9-22-23-13-15-33(42,32(23,2)17-24(36)28(22)31)25(37)18-43-27(39)11-10-26(38)34-29(30(40)41)19-6-4-3-5-7-19/h3-7,16,22-23,28-29,42H,8-15,17-18H2,1-2H3,(H,34,38)(H,40,41)/t22-,23+,28+,29+,31+,32+,33+/m1/s1. The van der Waals surface area contributed by atoms with Gasteiger partial charge in [-0.3, -0.25) is 24.0 Å². The molecule has 0 aliphatic heterocycles. The number of carbonyl (C=O) groups is 6. The number of Topliss-reactive ketones (excluding diaryl/α,β-unsaturated/α-hetero) is 2. The lowest BCUT2D eigenvalue weighted by Gasteiger charge is -2.57. The van der Waals surface area contributed by atoms with Gasteiger partial charge in [0.15, 0.2) is 18.4 Å². The number of esters is 1. The lowest BCUT2D eigenvalue weighted by atomic mass is 9.46. The highest BCUT2D eigenvalue weighted by atomic mass is 16.5. The molecule has 230 valence electrons. The summed E-state index contributed by atoms with van der Waals surface area (Å²) in [6.45, 7) is 3.20.